The summed E-state index contributed by atoms with van der Waals surface area (Å²) >= 11 is 6.47. The summed E-state index contributed by atoms with van der Waals surface area (Å²) in [6, 6.07) is 20.3. The molecule has 4 aromatic rings. The molecule has 0 radical (unpaired) electrons. The van der Waals surface area contributed by atoms with E-state index in [0.29, 0.717) is 11.0 Å². The summed E-state index contributed by atoms with van der Waals surface area (Å²) in [4.78, 5) is 8.54. The van der Waals surface area contributed by atoms with Crippen molar-refractivity contribution in [3.63, 3.8) is 0 Å². The third-order valence-electron chi connectivity index (χ3n) is 4.96. The molecule has 0 bridgehead atoms. The van der Waals surface area contributed by atoms with Gasteiger partial charge in [-0.25, -0.2) is 9.97 Å². The quantitative estimate of drug-likeness (QED) is 0.378. The summed E-state index contributed by atoms with van der Waals surface area (Å²) in [6.45, 7) is 0. The number of halogens is 1. The van der Waals surface area contributed by atoms with Gasteiger partial charge in [0.1, 0.15) is 23.0 Å². The molecule has 3 aromatic carbocycles. The number of hydrogen-bond donors (Lipinski definition) is 0. The predicted octanol–water partition coefficient (Wildman–Crippen LogP) is 5.58. The second-order valence-corrected chi connectivity index (χ2v) is 6.75. The van der Waals surface area contributed by atoms with Crippen molar-refractivity contribution in [2.24, 2.45) is 0 Å². The summed E-state index contributed by atoms with van der Waals surface area (Å²) in [5.74, 6) is 2.00. The molecule has 2 heterocycles. The first-order valence-corrected chi connectivity index (χ1v) is 8.98. The maximum Gasteiger partial charge on any atom is 0.228 e. The van der Waals surface area contributed by atoms with Crippen molar-refractivity contribution in [3.05, 3.63) is 88.8 Å². The number of methoxy groups -OCH3 is 1. The van der Waals surface area contributed by atoms with Crippen LogP contribution in [-0.2, 0) is 0 Å². The molecule has 0 saturated heterocycles. The number of fused-ring (bicyclic) bond motifs is 4. The third-order valence-corrected chi connectivity index (χ3v) is 5.26. The zero-order valence-electron chi connectivity index (χ0n) is 14.5. The van der Waals surface area contributed by atoms with Gasteiger partial charge in [-0.1, -0.05) is 60.1 Å². The molecule has 0 fully saturated rings. The van der Waals surface area contributed by atoms with Gasteiger partial charge in [-0.05, 0) is 23.1 Å². The van der Waals surface area contributed by atoms with E-state index in [9.17, 15) is 0 Å². The van der Waals surface area contributed by atoms with Gasteiger partial charge in [0.15, 0.2) is 0 Å². The number of hydrogen-bond acceptors (Lipinski definition) is 4. The molecule has 1 aromatic heterocycles. The smallest absolute Gasteiger partial charge is 0.228 e. The van der Waals surface area contributed by atoms with Crippen LogP contribution in [0.15, 0.2) is 67.0 Å². The molecule has 1 unspecified atom stereocenters. The highest BCUT2D eigenvalue weighted by atomic mass is 35.5. The average Bonchev–Trinajstić information content (AvgIpc) is 2.72. The van der Waals surface area contributed by atoms with Crippen LogP contribution in [0.1, 0.15) is 22.6 Å². The summed E-state index contributed by atoms with van der Waals surface area (Å²) in [6.07, 6.45) is 1.43. The van der Waals surface area contributed by atoms with Crippen molar-refractivity contribution in [2.45, 2.75) is 5.92 Å². The van der Waals surface area contributed by atoms with E-state index in [1.807, 2.05) is 36.4 Å². The van der Waals surface area contributed by atoms with Gasteiger partial charge in [-0.2, -0.15) is 0 Å². The van der Waals surface area contributed by atoms with E-state index in [2.05, 4.69) is 34.2 Å². The van der Waals surface area contributed by atoms with Crippen LogP contribution in [0.3, 0.4) is 0 Å². The minimum atomic E-state index is -0.118. The number of rotatable bonds is 2. The van der Waals surface area contributed by atoms with Gasteiger partial charge in [-0.15, -0.1) is 0 Å². The lowest BCUT2D eigenvalue weighted by molar-refractivity contribution is 0.414. The van der Waals surface area contributed by atoms with E-state index in [1.54, 1.807) is 7.11 Å². The topological polar surface area (TPSA) is 44.2 Å². The summed E-state index contributed by atoms with van der Waals surface area (Å²) in [5, 5.41) is 2.57. The third kappa shape index (κ3) is 2.53. The molecule has 0 amide bonds. The van der Waals surface area contributed by atoms with Crippen molar-refractivity contribution in [2.75, 3.05) is 7.11 Å². The highest BCUT2D eigenvalue weighted by molar-refractivity contribution is 6.30. The SMILES string of the molecule is COc1ccc(C2c3ccc4ccccc4c3Oc3ncnc(Cl)c32)cc1. The van der Waals surface area contributed by atoms with Gasteiger partial charge in [-0.3, -0.25) is 0 Å². The summed E-state index contributed by atoms with van der Waals surface area (Å²) in [5.41, 5.74) is 2.91. The van der Waals surface area contributed by atoms with Crippen molar-refractivity contribution in [1.82, 2.24) is 9.97 Å². The number of aromatic nitrogens is 2. The molecular weight excluding hydrogens is 360 g/mol. The van der Waals surface area contributed by atoms with Crippen LogP contribution in [-0.4, -0.2) is 17.1 Å². The Balaban J connectivity index is 1.80. The molecule has 27 heavy (non-hydrogen) atoms. The lowest BCUT2D eigenvalue weighted by Crippen LogP contribution is -2.14. The van der Waals surface area contributed by atoms with Crippen LogP contribution >= 0.6 is 11.6 Å². The Kier molecular flexibility index (Phi) is 3.73. The lowest BCUT2D eigenvalue weighted by atomic mass is 9.83. The van der Waals surface area contributed by atoms with Crippen LogP contribution in [0.5, 0.6) is 17.4 Å². The molecule has 4 nitrogen and oxygen atoms in total. The first-order valence-electron chi connectivity index (χ1n) is 8.60. The molecule has 1 aliphatic heterocycles. The van der Waals surface area contributed by atoms with Gasteiger partial charge in [0.05, 0.1) is 12.7 Å². The molecule has 1 atom stereocenters. The van der Waals surface area contributed by atoms with E-state index in [1.165, 1.54) is 6.33 Å². The fourth-order valence-corrected chi connectivity index (χ4v) is 3.91. The summed E-state index contributed by atoms with van der Waals surface area (Å²) < 4.78 is 11.5. The molecule has 0 N–H and O–H groups in total. The first-order chi connectivity index (χ1) is 13.3. The van der Waals surface area contributed by atoms with E-state index in [-0.39, 0.29) is 5.92 Å². The van der Waals surface area contributed by atoms with E-state index < -0.39 is 0 Å². The highest BCUT2D eigenvalue weighted by Crippen LogP contribution is 2.50. The molecule has 5 heteroatoms. The average molecular weight is 375 g/mol. The standard InChI is InChI=1S/C22H15ClN2O2/c1-26-15-9-6-14(7-10-15)18-17-11-8-13-4-2-3-5-16(13)20(17)27-22-19(18)21(23)24-12-25-22/h2-12,18H,1H3. The van der Waals surface area contributed by atoms with Gasteiger partial charge in [0.2, 0.25) is 5.88 Å². The Morgan fingerprint density at radius 2 is 1.78 bits per heavy atom. The molecule has 0 saturated carbocycles. The molecule has 0 aliphatic carbocycles. The van der Waals surface area contributed by atoms with E-state index >= 15 is 0 Å². The van der Waals surface area contributed by atoms with E-state index in [0.717, 1.165) is 39.0 Å². The van der Waals surface area contributed by atoms with Gasteiger partial charge >= 0.3 is 0 Å². The zero-order chi connectivity index (χ0) is 18.4. The fourth-order valence-electron chi connectivity index (χ4n) is 3.68. The highest BCUT2D eigenvalue weighted by Gasteiger charge is 2.33. The molecule has 0 spiro atoms. The molecular formula is C22H15ClN2O2. The normalized spacial score (nSPS) is 15.0. The van der Waals surface area contributed by atoms with Gasteiger partial charge in [0, 0.05) is 16.9 Å². The van der Waals surface area contributed by atoms with E-state index in [4.69, 9.17) is 21.1 Å². The Morgan fingerprint density at radius 3 is 2.59 bits per heavy atom. The van der Waals surface area contributed by atoms with Crippen LogP contribution in [0.2, 0.25) is 5.15 Å². The number of ether oxygens (including phenoxy) is 2. The maximum atomic E-state index is 6.47. The van der Waals surface area contributed by atoms with Crippen molar-refractivity contribution < 1.29 is 9.47 Å². The Morgan fingerprint density at radius 1 is 0.963 bits per heavy atom. The Hall–Kier alpha value is -3.11. The minimum absolute atomic E-state index is 0.118. The summed E-state index contributed by atoms with van der Waals surface area (Å²) in [7, 11) is 1.66. The van der Waals surface area contributed by atoms with Crippen molar-refractivity contribution >= 4 is 22.4 Å². The van der Waals surface area contributed by atoms with Crippen molar-refractivity contribution in [1.29, 1.82) is 0 Å². The number of benzene rings is 3. The zero-order valence-corrected chi connectivity index (χ0v) is 15.3. The van der Waals surface area contributed by atoms with Crippen LogP contribution in [0.4, 0.5) is 0 Å². The predicted molar refractivity (Wildman–Crippen MR) is 105 cm³/mol. The fraction of sp³-hybridized carbons (Fsp3) is 0.0909. The largest absolute Gasteiger partial charge is 0.497 e. The van der Waals surface area contributed by atoms with Crippen LogP contribution in [0.25, 0.3) is 10.8 Å². The first kappa shape index (κ1) is 16.1. The van der Waals surface area contributed by atoms with Gasteiger partial charge in [0.25, 0.3) is 0 Å². The van der Waals surface area contributed by atoms with Crippen LogP contribution in [0, 0.1) is 0 Å². The molecule has 1 aliphatic rings. The van der Waals surface area contributed by atoms with Gasteiger partial charge < -0.3 is 9.47 Å². The monoisotopic (exact) mass is 374 g/mol. The minimum Gasteiger partial charge on any atom is -0.497 e. The molecule has 132 valence electrons. The number of nitrogens with zero attached hydrogens (tertiary/aromatic N) is 2. The Bertz CT molecular complexity index is 1160. The second kappa shape index (κ2) is 6.25. The lowest BCUT2D eigenvalue weighted by Gasteiger charge is -2.29. The Labute approximate surface area is 161 Å². The van der Waals surface area contributed by atoms with Crippen molar-refractivity contribution in [3.8, 4) is 17.4 Å². The van der Waals surface area contributed by atoms with Crippen LogP contribution < -0.4 is 9.47 Å². The second-order valence-electron chi connectivity index (χ2n) is 6.40. The maximum absolute atomic E-state index is 6.47. The molecule has 5 rings (SSSR count).